The number of likely N-dealkylation sites (tertiary alicyclic amines) is 1. The van der Waals surface area contributed by atoms with Crippen molar-refractivity contribution >= 4 is 11.8 Å². The van der Waals surface area contributed by atoms with Crippen molar-refractivity contribution in [1.29, 1.82) is 0 Å². The molecule has 1 aliphatic rings. The molecule has 2 atom stereocenters. The number of rotatable bonds is 5. The number of ether oxygens (including phenoxy) is 1. The van der Waals surface area contributed by atoms with Gasteiger partial charge in [0.1, 0.15) is 6.61 Å². The van der Waals surface area contributed by atoms with Gasteiger partial charge in [0, 0.05) is 39.0 Å². The zero-order chi connectivity index (χ0) is 17.1. The summed E-state index contributed by atoms with van der Waals surface area (Å²) >= 11 is 0. The second-order valence-corrected chi connectivity index (χ2v) is 5.63. The molecule has 1 aliphatic heterocycles. The van der Waals surface area contributed by atoms with E-state index in [9.17, 15) is 9.59 Å². The van der Waals surface area contributed by atoms with E-state index in [1.54, 1.807) is 30.4 Å². The maximum atomic E-state index is 12.4. The van der Waals surface area contributed by atoms with Crippen LogP contribution < -0.4 is 5.32 Å². The van der Waals surface area contributed by atoms with Crippen molar-refractivity contribution in [1.82, 2.24) is 20.4 Å². The minimum Gasteiger partial charge on any atom is -0.377 e. The van der Waals surface area contributed by atoms with Crippen LogP contribution in [0.3, 0.4) is 0 Å². The van der Waals surface area contributed by atoms with Crippen molar-refractivity contribution in [3.63, 3.8) is 0 Å². The molecule has 0 saturated carbocycles. The summed E-state index contributed by atoms with van der Waals surface area (Å²) in [6.45, 7) is 0.239. The zero-order valence-corrected chi connectivity index (χ0v) is 13.4. The van der Waals surface area contributed by atoms with Crippen LogP contribution in [-0.2, 0) is 16.1 Å². The van der Waals surface area contributed by atoms with Gasteiger partial charge in [-0.25, -0.2) is 0 Å². The Labute approximate surface area is 138 Å². The minimum absolute atomic E-state index is 0.0330. The highest BCUT2D eigenvalue weighted by atomic mass is 16.5. The third-order valence-electron chi connectivity index (χ3n) is 4.01. The number of pyridine rings is 1. The molecule has 3 rings (SSSR count). The van der Waals surface area contributed by atoms with Crippen LogP contribution >= 0.6 is 0 Å². The van der Waals surface area contributed by atoms with Gasteiger partial charge in [-0.15, -0.1) is 0 Å². The lowest BCUT2D eigenvalue weighted by Gasteiger charge is -2.25. The average molecular weight is 330 g/mol. The van der Waals surface area contributed by atoms with Crippen LogP contribution in [0.15, 0.2) is 35.1 Å². The first-order valence-electron chi connectivity index (χ1n) is 7.51. The summed E-state index contributed by atoms with van der Waals surface area (Å²) < 4.78 is 9.95. The molecule has 8 heteroatoms. The quantitative estimate of drug-likeness (QED) is 0.875. The SMILES string of the molecule is COCc1cc(C(=O)N[C@@H]2CC(=O)N(C)[C@H]2c2cccnc2)no1. The molecule has 1 fully saturated rings. The van der Waals surface area contributed by atoms with Gasteiger partial charge in [0.05, 0.1) is 12.1 Å². The van der Waals surface area contributed by atoms with E-state index in [-0.39, 0.29) is 42.6 Å². The lowest BCUT2D eigenvalue weighted by atomic mass is 10.0. The summed E-state index contributed by atoms with van der Waals surface area (Å²) in [6.07, 6.45) is 3.59. The number of hydrogen-bond donors (Lipinski definition) is 1. The van der Waals surface area contributed by atoms with E-state index in [4.69, 9.17) is 9.26 Å². The predicted molar refractivity (Wildman–Crippen MR) is 82.8 cm³/mol. The van der Waals surface area contributed by atoms with Gasteiger partial charge < -0.3 is 19.5 Å². The lowest BCUT2D eigenvalue weighted by Crippen LogP contribution is -2.39. The number of hydrogen-bond acceptors (Lipinski definition) is 6. The summed E-state index contributed by atoms with van der Waals surface area (Å²) in [5.74, 6) is 0.0450. The van der Waals surface area contributed by atoms with Crippen LogP contribution in [-0.4, -0.2) is 47.1 Å². The molecular formula is C16H18N4O4. The van der Waals surface area contributed by atoms with E-state index in [0.29, 0.717) is 5.76 Å². The fraction of sp³-hybridized carbons (Fsp3) is 0.375. The Hall–Kier alpha value is -2.74. The monoisotopic (exact) mass is 330 g/mol. The van der Waals surface area contributed by atoms with Gasteiger partial charge in [-0.3, -0.25) is 14.6 Å². The molecule has 8 nitrogen and oxygen atoms in total. The van der Waals surface area contributed by atoms with Crippen LogP contribution in [0, 0.1) is 0 Å². The van der Waals surface area contributed by atoms with Gasteiger partial charge in [0.25, 0.3) is 5.91 Å². The topological polar surface area (TPSA) is 97.6 Å². The summed E-state index contributed by atoms with van der Waals surface area (Å²) in [5, 5.41) is 6.60. The molecule has 24 heavy (non-hydrogen) atoms. The smallest absolute Gasteiger partial charge is 0.273 e. The molecule has 126 valence electrons. The Morgan fingerprint density at radius 1 is 1.54 bits per heavy atom. The molecular weight excluding hydrogens is 312 g/mol. The van der Waals surface area contributed by atoms with Crippen molar-refractivity contribution in [3.05, 3.63) is 47.6 Å². The van der Waals surface area contributed by atoms with Crippen molar-refractivity contribution in [2.45, 2.75) is 25.1 Å². The predicted octanol–water partition coefficient (Wildman–Crippen LogP) is 0.918. The zero-order valence-electron chi connectivity index (χ0n) is 13.4. The first kappa shape index (κ1) is 16.1. The van der Waals surface area contributed by atoms with Gasteiger partial charge in [0.15, 0.2) is 11.5 Å². The summed E-state index contributed by atoms with van der Waals surface area (Å²) in [6, 6.07) is 4.60. The minimum atomic E-state index is -0.386. The number of nitrogens with zero attached hydrogens (tertiary/aromatic N) is 3. The van der Waals surface area contributed by atoms with Crippen LogP contribution in [0.1, 0.15) is 34.3 Å². The second kappa shape index (κ2) is 6.79. The Bertz CT molecular complexity index is 731. The first-order chi connectivity index (χ1) is 11.6. The number of carbonyl (C=O) groups excluding carboxylic acids is 2. The molecule has 0 spiro atoms. The second-order valence-electron chi connectivity index (χ2n) is 5.63. The van der Waals surface area contributed by atoms with Gasteiger partial charge in [-0.05, 0) is 11.6 Å². The van der Waals surface area contributed by atoms with E-state index >= 15 is 0 Å². The number of likely N-dealkylation sites (N-methyl/N-ethyl adjacent to an activating group) is 1. The highest BCUT2D eigenvalue weighted by Gasteiger charge is 2.39. The van der Waals surface area contributed by atoms with Crippen molar-refractivity contribution < 1.29 is 18.8 Å². The van der Waals surface area contributed by atoms with E-state index in [2.05, 4.69) is 15.5 Å². The number of nitrogens with one attached hydrogen (secondary N) is 1. The van der Waals surface area contributed by atoms with Crippen LogP contribution in [0.2, 0.25) is 0 Å². The van der Waals surface area contributed by atoms with Gasteiger partial charge >= 0.3 is 0 Å². The number of methoxy groups -OCH3 is 1. The Kier molecular flexibility index (Phi) is 4.57. The highest BCUT2D eigenvalue weighted by molar-refractivity contribution is 5.93. The molecule has 2 aromatic heterocycles. The van der Waals surface area contributed by atoms with Crippen LogP contribution in [0.25, 0.3) is 0 Å². The molecule has 0 radical (unpaired) electrons. The van der Waals surface area contributed by atoms with Crippen molar-refractivity contribution in [3.8, 4) is 0 Å². The van der Waals surface area contributed by atoms with Gasteiger partial charge in [-0.1, -0.05) is 11.2 Å². The third-order valence-corrected chi connectivity index (χ3v) is 4.01. The number of amides is 2. The van der Waals surface area contributed by atoms with Gasteiger partial charge in [0.2, 0.25) is 5.91 Å². The van der Waals surface area contributed by atoms with Crippen molar-refractivity contribution in [2.75, 3.05) is 14.2 Å². The van der Waals surface area contributed by atoms with Crippen LogP contribution in [0.5, 0.6) is 0 Å². The van der Waals surface area contributed by atoms with E-state index in [0.717, 1.165) is 5.56 Å². The molecule has 2 aromatic rings. The fourth-order valence-corrected chi connectivity index (χ4v) is 2.88. The first-order valence-corrected chi connectivity index (χ1v) is 7.51. The number of carbonyl (C=O) groups is 2. The molecule has 1 N–H and O–H groups in total. The molecule has 2 amide bonds. The van der Waals surface area contributed by atoms with Gasteiger partial charge in [-0.2, -0.15) is 0 Å². The fourth-order valence-electron chi connectivity index (χ4n) is 2.88. The summed E-state index contributed by atoms with van der Waals surface area (Å²) in [7, 11) is 3.25. The molecule has 3 heterocycles. The van der Waals surface area contributed by atoms with Crippen LogP contribution in [0.4, 0.5) is 0 Å². The van der Waals surface area contributed by atoms with E-state index < -0.39 is 0 Å². The molecule has 1 saturated heterocycles. The number of aromatic nitrogens is 2. The molecule has 0 aromatic carbocycles. The lowest BCUT2D eigenvalue weighted by molar-refractivity contribution is -0.127. The summed E-state index contributed by atoms with van der Waals surface area (Å²) in [4.78, 5) is 30.2. The largest absolute Gasteiger partial charge is 0.377 e. The normalized spacial score (nSPS) is 20.4. The molecule has 0 bridgehead atoms. The Morgan fingerprint density at radius 2 is 2.38 bits per heavy atom. The Morgan fingerprint density at radius 3 is 3.08 bits per heavy atom. The highest BCUT2D eigenvalue weighted by Crippen LogP contribution is 2.31. The third kappa shape index (κ3) is 3.13. The summed E-state index contributed by atoms with van der Waals surface area (Å²) in [5.41, 5.74) is 1.03. The van der Waals surface area contributed by atoms with E-state index in [1.165, 1.54) is 13.2 Å². The average Bonchev–Trinajstić information content (AvgIpc) is 3.14. The maximum absolute atomic E-state index is 12.4. The molecule has 0 unspecified atom stereocenters. The standard InChI is InChI=1S/C16H18N4O4/c1-20-14(21)7-12(15(20)10-4-3-5-17-8-10)18-16(22)13-6-11(9-23-2)24-19-13/h3-6,8,12,15H,7,9H2,1-2H3,(H,18,22)/t12-,15+/m1/s1. The maximum Gasteiger partial charge on any atom is 0.273 e. The van der Waals surface area contributed by atoms with E-state index in [1.807, 2.05) is 6.07 Å². The van der Waals surface area contributed by atoms with Crippen molar-refractivity contribution in [2.24, 2.45) is 0 Å². The Balaban J connectivity index is 1.77. The molecule has 0 aliphatic carbocycles.